The number of aryl methyl sites for hydroxylation is 1. The maximum atomic E-state index is 11.6. The molecule has 0 unspecified atom stereocenters. The van der Waals surface area contributed by atoms with Gasteiger partial charge in [0.05, 0.1) is 13.0 Å². The molecule has 0 atom stereocenters. The molecule has 0 saturated heterocycles. The molecule has 1 rings (SSSR count). The molecule has 4 heteroatoms. The lowest BCUT2D eigenvalue weighted by molar-refractivity contribution is -0.117. The zero-order chi connectivity index (χ0) is 14.1. The smallest absolute Gasteiger partial charge is 0.226 e. The highest BCUT2D eigenvalue weighted by molar-refractivity contribution is 5.90. The zero-order valence-electron chi connectivity index (χ0n) is 11.3. The minimum absolute atomic E-state index is 0.0676. The second-order valence-electron chi connectivity index (χ2n) is 3.98. The topological polar surface area (TPSA) is 58.6 Å². The Kier molecular flexibility index (Phi) is 6.65. The first-order valence-electron chi connectivity index (χ1n) is 6.25. The Labute approximate surface area is 113 Å². The second kappa shape index (κ2) is 8.30. The fraction of sp³-hybridized carbons (Fsp3) is 0.400. The van der Waals surface area contributed by atoms with Crippen LogP contribution < -0.4 is 5.32 Å². The summed E-state index contributed by atoms with van der Waals surface area (Å²) in [5.41, 5.74) is 2.55. The average Bonchev–Trinajstić information content (AvgIpc) is 2.38. The first-order valence-corrected chi connectivity index (χ1v) is 6.25. The number of carbonyl (C=O) groups is 1. The van der Waals surface area contributed by atoms with Crippen molar-refractivity contribution in [2.24, 2.45) is 0 Å². The Morgan fingerprint density at radius 2 is 2.26 bits per heavy atom. The highest BCUT2D eigenvalue weighted by atomic mass is 16.5. The Morgan fingerprint density at radius 3 is 2.89 bits per heavy atom. The Bertz CT molecular complexity index is 486. The van der Waals surface area contributed by atoms with Crippen molar-refractivity contribution in [3.63, 3.8) is 0 Å². The lowest BCUT2D eigenvalue weighted by Gasteiger charge is -2.07. The molecule has 0 aliphatic heterocycles. The van der Waals surface area contributed by atoms with Crippen LogP contribution in [-0.2, 0) is 9.53 Å². The van der Waals surface area contributed by atoms with E-state index in [1.165, 1.54) is 0 Å². The number of aliphatic hydroxyl groups excluding tert-OH is 1. The number of hydrogen-bond acceptors (Lipinski definition) is 3. The van der Waals surface area contributed by atoms with Crippen molar-refractivity contribution in [3.05, 3.63) is 29.3 Å². The minimum Gasteiger partial charge on any atom is -0.384 e. The van der Waals surface area contributed by atoms with E-state index in [0.29, 0.717) is 19.6 Å². The predicted molar refractivity (Wildman–Crippen MR) is 74.9 cm³/mol. The van der Waals surface area contributed by atoms with E-state index >= 15 is 0 Å². The van der Waals surface area contributed by atoms with Crippen molar-refractivity contribution in [3.8, 4) is 11.8 Å². The highest BCUT2D eigenvalue weighted by Crippen LogP contribution is 2.14. The van der Waals surface area contributed by atoms with Gasteiger partial charge in [0, 0.05) is 17.9 Å². The van der Waals surface area contributed by atoms with E-state index in [1.807, 2.05) is 26.0 Å². The quantitative estimate of drug-likeness (QED) is 0.626. The molecule has 0 aliphatic rings. The van der Waals surface area contributed by atoms with E-state index in [0.717, 1.165) is 16.8 Å². The number of carbonyl (C=O) groups excluding carboxylic acids is 1. The number of amides is 1. The largest absolute Gasteiger partial charge is 0.384 e. The monoisotopic (exact) mass is 261 g/mol. The molecule has 0 bridgehead atoms. The summed E-state index contributed by atoms with van der Waals surface area (Å²) in [5.74, 6) is 5.39. The van der Waals surface area contributed by atoms with Gasteiger partial charge >= 0.3 is 0 Å². The van der Waals surface area contributed by atoms with Gasteiger partial charge in [-0.2, -0.15) is 0 Å². The number of nitrogens with one attached hydrogen (secondary N) is 1. The molecular formula is C15H19NO3. The molecule has 1 amide bonds. The van der Waals surface area contributed by atoms with E-state index in [4.69, 9.17) is 9.84 Å². The summed E-state index contributed by atoms with van der Waals surface area (Å²) in [6, 6.07) is 5.49. The van der Waals surface area contributed by atoms with Crippen molar-refractivity contribution >= 4 is 11.6 Å². The maximum absolute atomic E-state index is 11.6. The van der Waals surface area contributed by atoms with E-state index in [9.17, 15) is 4.79 Å². The lowest BCUT2D eigenvalue weighted by Crippen LogP contribution is -2.14. The third-order valence-corrected chi connectivity index (χ3v) is 2.49. The molecule has 1 aromatic carbocycles. The Morgan fingerprint density at radius 1 is 1.47 bits per heavy atom. The summed E-state index contributed by atoms with van der Waals surface area (Å²) in [6.07, 6.45) is 0.346. The molecule has 1 aromatic rings. The molecule has 0 saturated carbocycles. The van der Waals surface area contributed by atoms with Gasteiger partial charge in [-0.3, -0.25) is 4.79 Å². The molecule has 0 aromatic heterocycles. The second-order valence-corrected chi connectivity index (χ2v) is 3.98. The van der Waals surface area contributed by atoms with Gasteiger partial charge in [0.2, 0.25) is 5.91 Å². The summed E-state index contributed by atoms with van der Waals surface area (Å²) < 4.78 is 5.13. The van der Waals surface area contributed by atoms with Gasteiger partial charge in [-0.15, -0.1) is 0 Å². The van der Waals surface area contributed by atoms with Gasteiger partial charge in [-0.1, -0.05) is 11.8 Å². The standard InChI is InChI=1S/C15H19NO3/c1-3-19-10-8-15(18)16-14-7-6-13(5-4-9-17)12(2)11-14/h6-7,11,17H,3,8-10H2,1-2H3,(H,16,18). The van der Waals surface area contributed by atoms with Crippen LogP contribution in [0.3, 0.4) is 0 Å². The molecule has 102 valence electrons. The van der Waals surface area contributed by atoms with Crippen molar-refractivity contribution in [2.45, 2.75) is 20.3 Å². The number of ether oxygens (including phenoxy) is 1. The fourth-order valence-electron chi connectivity index (χ4n) is 1.55. The summed E-state index contributed by atoms with van der Waals surface area (Å²) in [5, 5.41) is 11.5. The molecule has 0 spiro atoms. The van der Waals surface area contributed by atoms with Crippen LogP contribution in [0, 0.1) is 18.8 Å². The first kappa shape index (κ1) is 15.2. The maximum Gasteiger partial charge on any atom is 0.226 e. The summed E-state index contributed by atoms with van der Waals surface area (Å²) in [6.45, 7) is 4.70. The third-order valence-electron chi connectivity index (χ3n) is 2.49. The minimum atomic E-state index is -0.157. The first-order chi connectivity index (χ1) is 9.17. The third kappa shape index (κ3) is 5.56. The van der Waals surface area contributed by atoms with Gasteiger partial charge in [-0.25, -0.2) is 0 Å². The summed E-state index contributed by atoms with van der Waals surface area (Å²) >= 11 is 0. The van der Waals surface area contributed by atoms with Crippen molar-refractivity contribution in [2.75, 3.05) is 25.1 Å². The van der Waals surface area contributed by atoms with Gasteiger partial charge in [0.25, 0.3) is 0 Å². The highest BCUT2D eigenvalue weighted by Gasteiger charge is 2.03. The molecule has 19 heavy (non-hydrogen) atoms. The van der Waals surface area contributed by atoms with Crippen LogP contribution in [0.5, 0.6) is 0 Å². The number of aliphatic hydroxyl groups is 1. The Hall–Kier alpha value is -1.83. The molecule has 4 nitrogen and oxygen atoms in total. The van der Waals surface area contributed by atoms with Crippen LogP contribution >= 0.6 is 0 Å². The molecule has 0 heterocycles. The number of benzene rings is 1. The molecule has 0 aliphatic carbocycles. The Balaban J connectivity index is 2.60. The van der Waals surface area contributed by atoms with Gasteiger partial charge in [0.15, 0.2) is 0 Å². The molecule has 0 fully saturated rings. The van der Waals surface area contributed by atoms with Gasteiger partial charge < -0.3 is 15.2 Å². The SMILES string of the molecule is CCOCCC(=O)Nc1ccc(C#CCO)c(C)c1. The average molecular weight is 261 g/mol. The normalized spacial score (nSPS) is 9.63. The number of rotatable bonds is 5. The van der Waals surface area contributed by atoms with Crippen LogP contribution in [0.4, 0.5) is 5.69 Å². The fourth-order valence-corrected chi connectivity index (χ4v) is 1.55. The zero-order valence-corrected chi connectivity index (χ0v) is 11.3. The van der Waals surface area contributed by atoms with E-state index < -0.39 is 0 Å². The summed E-state index contributed by atoms with van der Waals surface area (Å²) in [7, 11) is 0. The molecule has 2 N–H and O–H groups in total. The van der Waals surface area contributed by atoms with E-state index in [2.05, 4.69) is 17.2 Å². The van der Waals surface area contributed by atoms with Crippen molar-refractivity contribution in [1.82, 2.24) is 0 Å². The number of hydrogen-bond donors (Lipinski definition) is 2. The van der Waals surface area contributed by atoms with Crippen LogP contribution in [0.1, 0.15) is 24.5 Å². The lowest BCUT2D eigenvalue weighted by atomic mass is 10.1. The van der Waals surface area contributed by atoms with Crippen molar-refractivity contribution in [1.29, 1.82) is 0 Å². The van der Waals surface area contributed by atoms with Gasteiger partial charge in [-0.05, 0) is 37.6 Å². The molecule has 0 radical (unpaired) electrons. The predicted octanol–water partition coefficient (Wildman–Crippen LogP) is 1.70. The molecular weight excluding hydrogens is 242 g/mol. The van der Waals surface area contributed by atoms with Crippen molar-refractivity contribution < 1.29 is 14.6 Å². The number of anilines is 1. The van der Waals surface area contributed by atoms with E-state index in [-0.39, 0.29) is 12.5 Å². The van der Waals surface area contributed by atoms with Crippen LogP contribution in [0.2, 0.25) is 0 Å². The summed E-state index contributed by atoms with van der Waals surface area (Å²) in [4.78, 5) is 11.6. The van der Waals surface area contributed by atoms with Crippen LogP contribution in [0.25, 0.3) is 0 Å². The van der Waals surface area contributed by atoms with Gasteiger partial charge in [0.1, 0.15) is 6.61 Å². The van der Waals surface area contributed by atoms with Crippen LogP contribution in [-0.4, -0.2) is 30.8 Å². The van der Waals surface area contributed by atoms with E-state index in [1.54, 1.807) is 6.07 Å². The van der Waals surface area contributed by atoms with Crippen LogP contribution in [0.15, 0.2) is 18.2 Å².